The van der Waals surface area contributed by atoms with Gasteiger partial charge in [-0.05, 0) is 51.9 Å². The number of fused-ring (bicyclic) bond motifs is 1. The molecule has 10 atom stereocenters. The Labute approximate surface area is 195 Å². The van der Waals surface area contributed by atoms with Crippen molar-refractivity contribution in [2.45, 2.75) is 105 Å². The molecule has 7 nitrogen and oxygen atoms in total. The number of hydrogen-bond donors (Lipinski definition) is 0. The number of methoxy groups -OCH3 is 1. The molecule has 9 heteroatoms. The van der Waals surface area contributed by atoms with Crippen molar-refractivity contribution in [1.29, 1.82) is 0 Å². The zero-order valence-corrected chi connectivity index (χ0v) is 19.9. The van der Waals surface area contributed by atoms with E-state index in [9.17, 15) is 4.79 Å². The summed E-state index contributed by atoms with van der Waals surface area (Å²) in [4.78, 5) is 11.7. The molecule has 6 saturated heterocycles. The maximum absolute atomic E-state index is 11.7. The average molecular weight is 555 g/mol. The number of carbonyl (C=O) groups excluding carboxylic acids is 1. The topological polar surface area (TPSA) is 72.5 Å². The molecule has 168 valence electrons. The highest BCUT2D eigenvalue weighted by molar-refractivity contribution is 14.1. The summed E-state index contributed by atoms with van der Waals surface area (Å²) in [6, 6.07) is 0. The number of carbonyl (C=O) groups is 1. The van der Waals surface area contributed by atoms with Gasteiger partial charge in [0, 0.05) is 18.2 Å². The second-order valence-electron chi connectivity index (χ2n) is 9.00. The lowest BCUT2D eigenvalue weighted by atomic mass is 9.87. The van der Waals surface area contributed by atoms with Gasteiger partial charge in [-0.25, -0.2) is 0 Å². The number of rotatable bonds is 7. The number of halogens is 2. The molecule has 0 aliphatic carbocycles. The minimum atomic E-state index is -0.722. The summed E-state index contributed by atoms with van der Waals surface area (Å²) in [7, 11) is 1.40. The van der Waals surface area contributed by atoms with Gasteiger partial charge in [-0.2, -0.15) is 0 Å². The molecule has 6 aliphatic rings. The van der Waals surface area contributed by atoms with Crippen LogP contribution in [-0.4, -0.2) is 73.1 Å². The molecule has 0 saturated carbocycles. The van der Waals surface area contributed by atoms with E-state index in [4.69, 9.17) is 40.0 Å². The van der Waals surface area contributed by atoms with E-state index in [0.29, 0.717) is 12.8 Å². The lowest BCUT2D eigenvalue weighted by Gasteiger charge is -2.47. The summed E-state index contributed by atoms with van der Waals surface area (Å²) >= 11 is 8.73. The Kier molecular flexibility index (Phi) is 6.14. The van der Waals surface area contributed by atoms with Crippen LogP contribution in [0.4, 0.5) is 0 Å². The van der Waals surface area contributed by atoms with Crippen molar-refractivity contribution >= 4 is 40.2 Å². The molecule has 6 heterocycles. The molecule has 6 bridgehead atoms. The first-order valence-electron chi connectivity index (χ1n) is 10.7. The van der Waals surface area contributed by atoms with Crippen molar-refractivity contribution in [3.8, 4) is 0 Å². The normalized spacial score (nSPS) is 46.9. The van der Waals surface area contributed by atoms with E-state index in [1.54, 1.807) is 0 Å². The first kappa shape index (κ1) is 21.9. The van der Waals surface area contributed by atoms with Gasteiger partial charge in [0.2, 0.25) is 0 Å². The van der Waals surface area contributed by atoms with Gasteiger partial charge in [-0.3, -0.25) is 4.79 Å². The third-order valence-electron chi connectivity index (χ3n) is 6.93. The molecule has 6 rings (SSSR count). The predicted molar refractivity (Wildman–Crippen MR) is 116 cm³/mol. The highest BCUT2D eigenvalue weighted by Crippen LogP contribution is 2.54. The zero-order valence-electron chi connectivity index (χ0n) is 17.0. The quantitative estimate of drug-likeness (QED) is 0.272. The maximum Gasteiger partial charge on any atom is 0.308 e. The van der Waals surface area contributed by atoms with Crippen molar-refractivity contribution in [3.05, 3.63) is 10.2 Å². The molecule has 0 aromatic heterocycles. The molecule has 0 spiro atoms. The molecule has 0 radical (unpaired) electrons. The standard InChI is InChI=1S/C21H28ClIO7/c1-10(23)7-11(22)5-6-21-9-14-17(29-21)18-19(28-14)20(30-21)16-13(27-18)4-3-12(26-16)8-15(24)25-2/h11-14,16-20H,1,3-9H2,2H3/t11-,12-,13+,14-,16+,17?,18+,19?,20+,21+/m1/s1. The van der Waals surface area contributed by atoms with Crippen LogP contribution in [0.3, 0.4) is 0 Å². The van der Waals surface area contributed by atoms with Gasteiger partial charge in [0.1, 0.15) is 30.5 Å². The first-order valence-corrected chi connectivity index (χ1v) is 12.3. The molecule has 6 fully saturated rings. The molecule has 30 heavy (non-hydrogen) atoms. The monoisotopic (exact) mass is 554 g/mol. The van der Waals surface area contributed by atoms with Crippen LogP contribution in [0, 0.1) is 0 Å². The summed E-state index contributed by atoms with van der Waals surface area (Å²) < 4.78 is 38.1. The minimum absolute atomic E-state index is 0.00654. The Bertz CT molecular complexity index is 707. The van der Waals surface area contributed by atoms with Crippen LogP contribution in [0.5, 0.6) is 0 Å². The Balaban J connectivity index is 1.32. The van der Waals surface area contributed by atoms with Crippen molar-refractivity contribution < 1.29 is 33.2 Å². The third kappa shape index (κ3) is 3.95. The smallest absolute Gasteiger partial charge is 0.308 e. The lowest BCUT2D eigenvalue weighted by molar-refractivity contribution is -0.292. The van der Waals surface area contributed by atoms with E-state index < -0.39 is 5.79 Å². The van der Waals surface area contributed by atoms with Crippen LogP contribution in [0.2, 0.25) is 0 Å². The highest BCUT2D eigenvalue weighted by Gasteiger charge is 2.68. The van der Waals surface area contributed by atoms with Crippen LogP contribution >= 0.6 is 34.2 Å². The predicted octanol–water partition coefficient (Wildman–Crippen LogP) is 3.24. The van der Waals surface area contributed by atoms with E-state index in [1.807, 2.05) is 0 Å². The Hall–Kier alpha value is 0.0300. The fraction of sp³-hybridized carbons (Fsp3) is 0.857. The summed E-state index contributed by atoms with van der Waals surface area (Å²) in [6.07, 6.45) is 3.43. The fourth-order valence-electron chi connectivity index (χ4n) is 5.62. The van der Waals surface area contributed by atoms with Crippen molar-refractivity contribution in [2.24, 2.45) is 0 Å². The third-order valence-corrected chi connectivity index (χ3v) is 7.74. The van der Waals surface area contributed by atoms with Gasteiger partial charge in [-0.15, -0.1) is 11.6 Å². The van der Waals surface area contributed by atoms with Crippen LogP contribution < -0.4 is 0 Å². The van der Waals surface area contributed by atoms with Crippen molar-refractivity contribution in [3.63, 3.8) is 0 Å². The Morgan fingerprint density at radius 3 is 2.63 bits per heavy atom. The van der Waals surface area contributed by atoms with Gasteiger partial charge >= 0.3 is 5.97 Å². The molecule has 6 aliphatic heterocycles. The highest BCUT2D eigenvalue weighted by atomic mass is 127. The summed E-state index contributed by atoms with van der Waals surface area (Å²) in [5.74, 6) is -0.987. The molecule has 0 aromatic rings. The number of hydrogen-bond acceptors (Lipinski definition) is 7. The minimum Gasteiger partial charge on any atom is -0.469 e. The van der Waals surface area contributed by atoms with Gasteiger partial charge < -0.3 is 28.4 Å². The van der Waals surface area contributed by atoms with Crippen LogP contribution in [0.1, 0.15) is 44.9 Å². The van der Waals surface area contributed by atoms with E-state index in [-0.39, 0.29) is 66.6 Å². The summed E-state index contributed by atoms with van der Waals surface area (Å²) in [5.41, 5.74) is 0. The number of esters is 1. The Morgan fingerprint density at radius 1 is 1.13 bits per heavy atom. The molecular weight excluding hydrogens is 527 g/mol. The summed E-state index contributed by atoms with van der Waals surface area (Å²) in [6.45, 7) is 3.95. The molecular formula is C21H28ClIO7. The maximum atomic E-state index is 11.7. The van der Waals surface area contributed by atoms with Gasteiger partial charge in [0.05, 0.1) is 31.8 Å². The summed E-state index contributed by atoms with van der Waals surface area (Å²) in [5, 5.41) is -0.00654. The van der Waals surface area contributed by atoms with E-state index in [0.717, 1.165) is 29.3 Å². The average Bonchev–Trinajstić information content (AvgIpc) is 3.11. The Morgan fingerprint density at radius 2 is 1.87 bits per heavy atom. The van der Waals surface area contributed by atoms with E-state index in [1.165, 1.54) is 7.11 Å². The largest absolute Gasteiger partial charge is 0.469 e. The van der Waals surface area contributed by atoms with Crippen LogP contribution in [-0.2, 0) is 33.2 Å². The van der Waals surface area contributed by atoms with E-state index in [2.05, 4.69) is 29.2 Å². The SMILES string of the molecule is C=C(I)C[C@H](Cl)CC[C@@]12C[C@H]3OC4[C@@H](O[C@H]5CC[C@H](CC(=O)OC)O[C@@H]5[C@@H]4O1)C3O2. The molecule has 0 aromatic carbocycles. The zero-order chi connectivity index (χ0) is 21.0. The number of allylic oxidation sites excluding steroid dienone is 1. The molecule has 0 N–H and O–H groups in total. The van der Waals surface area contributed by atoms with Crippen molar-refractivity contribution in [2.75, 3.05) is 7.11 Å². The number of ether oxygens (including phenoxy) is 6. The van der Waals surface area contributed by atoms with Gasteiger partial charge in [0.25, 0.3) is 0 Å². The van der Waals surface area contributed by atoms with Gasteiger partial charge in [-0.1, -0.05) is 6.58 Å². The van der Waals surface area contributed by atoms with Crippen LogP contribution in [0.25, 0.3) is 0 Å². The number of alkyl halides is 1. The van der Waals surface area contributed by atoms with Crippen molar-refractivity contribution in [1.82, 2.24) is 0 Å². The van der Waals surface area contributed by atoms with Gasteiger partial charge in [0.15, 0.2) is 5.79 Å². The van der Waals surface area contributed by atoms with Crippen LogP contribution in [0.15, 0.2) is 10.2 Å². The van der Waals surface area contributed by atoms with E-state index >= 15 is 0 Å². The first-order chi connectivity index (χ1) is 14.4. The lowest BCUT2D eigenvalue weighted by Crippen LogP contribution is -2.61. The fourth-order valence-corrected chi connectivity index (χ4v) is 6.70. The second kappa shape index (κ2) is 8.43. The molecule has 0 amide bonds. The molecule has 2 unspecified atom stereocenters. The second-order valence-corrected chi connectivity index (χ2v) is 11.1.